The van der Waals surface area contributed by atoms with E-state index in [0.29, 0.717) is 0 Å². The van der Waals surface area contributed by atoms with Gasteiger partial charge in [0.25, 0.3) is 0 Å². The average Bonchev–Trinajstić information content (AvgIpc) is 2.50. The van der Waals surface area contributed by atoms with Gasteiger partial charge in [-0.25, -0.2) is 4.39 Å². The maximum absolute atomic E-state index is 13.7. The maximum atomic E-state index is 13.7. The molecule has 0 aliphatic rings. The highest BCUT2D eigenvalue weighted by Crippen LogP contribution is 2.65. The van der Waals surface area contributed by atoms with Crippen LogP contribution in [0, 0.1) is 0 Å². The monoisotopic (exact) mass is 516 g/mol. The zero-order valence-corrected chi connectivity index (χ0v) is 13.0. The molecule has 0 saturated heterocycles. The molecular weight excluding hydrogens is 516 g/mol. The Morgan fingerprint density at radius 2 is 0.548 bits per heavy atom. The molecule has 0 aromatic rings. The molecule has 0 aromatic heterocycles. The molecule has 0 N–H and O–H groups in total. The highest BCUT2D eigenvalue weighted by molar-refractivity contribution is 5.82. The molecule has 0 fully saturated rings. The minimum atomic E-state index is -9.03. The third kappa shape index (κ3) is 3.35. The van der Waals surface area contributed by atoms with E-state index in [9.17, 15) is 92.6 Å². The number of hydrogen-bond acceptors (Lipinski definition) is 1. The summed E-state index contributed by atoms with van der Waals surface area (Å²) in [5, 5.41) is 0. The van der Waals surface area contributed by atoms with Crippen molar-refractivity contribution in [2.45, 2.75) is 53.6 Å². The Bertz CT molecular complexity index is 644. The molecular formula is C10F20O. The van der Waals surface area contributed by atoms with Crippen molar-refractivity contribution in [2.75, 3.05) is 0 Å². The molecule has 21 heteroatoms. The van der Waals surface area contributed by atoms with Crippen LogP contribution in [-0.2, 0) is 4.79 Å². The van der Waals surface area contributed by atoms with Crippen molar-refractivity contribution in [2.24, 2.45) is 0 Å². The van der Waals surface area contributed by atoms with Gasteiger partial charge in [0, 0.05) is 0 Å². The van der Waals surface area contributed by atoms with Crippen LogP contribution in [0.4, 0.5) is 87.8 Å². The summed E-state index contributed by atoms with van der Waals surface area (Å²) in [7, 11) is 0. The van der Waals surface area contributed by atoms with Crippen LogP contribution in [0.15, 0.2) is 0 Å². The SMILES string of the molecule is O=C(F)C(F)(C(F)(F)C(F)(F)C(F)(F)C(F)(F)F)C(F)(F)C(F)(F)C(F)(F)C(F)(F)F. The summed E-state index contributed by atoms with van der Waals surface area (Å²) >= 11 is 0. The quantitative estimate of drug-likeness (QED) is 0.294. The Balaban J connectivity index is 7.30. The molecule has 0 aliphatic heterocycles. The zero-order valence-electron chi connectivity index (χ0n) is 13.0. The van der Waals surface area contributed by atoms with Crippen molar-refractivity contribution in [1.82, 2.24) is 0 Å². The summed E-state index contributed by atoms with van der Waals surface area (Å²) in [6.45, 7) is 0. The second kappa shape index (κ2) is 6.88. The first kappa shape index (κ1) is 29.3. The average molecular weight is 516 g/mol. The van der Waals surface area contributed by atoms with Crippen LogP contribution >= 0.6 is 0 Å². The highest BCUT2D eigenvalue weighted by Gasteiger charge is 2.98. The summed E-state index contributed by atoms with van der Waals surface area (Å²) in [6, 6.07) is -5.72. The second-order valence-electron chi connectivity index (χ2n) is 5.37. The molecule has 0 spiro atoms. The van der Waals surface area contributed by atoms with E-state index in [-0.39, 0.29) is 0 Å². The predicted octanol–water partition coefficient (Wildman–Crippen LogP) is 6.13. The zero-order chi connectivity index (χ0) is 26.1. The van der Waals surface area contributed by atoms with Crippen molar-refractivity contribution in [3.63, 3.8) is 0 Å². The second-order valence-corrected chi connectivity index (χ2v) is 5.37. The van der Waals surface area contributed by atoms with Crippen LogP contribution in [-0.4, -0.2) is 59.6 Å². The molecule has 1 nitrogen and oxygen atoms in total. The van der Waals surface area contributed by atoms with Crippen LogP contribution in [0.25, 0.3) is 0 Å². The lowest BCUT2D eigenvalue weighted by atomic mass is 9.80. The van der Waals surface area contributed by atoms with Crippen molar-refractivity contribution in [1.29, 1.82) is 0 Å². The van der Waals surface area contributed by atoms with Gasteiger partial charge in [-0.2, -0.15) is 83.4 Å². The maximum Gasteiger partial charge on any atom is 0.460 e. The summed E-state index contributed by atoms with van der Waals surface area (Å²) in [5.74, 6) is -52.7. The first-order valence-corrected chi connectivity index (χ1v) is 6.23. The predicted molar refractivity (Wildman–Crippen MR) is 51.7 cm³/mol. The normalized spacial score (nSPS) is 16.5. The summed E-state index contributed by atoms with van der Waals surface area (Å²) in [5.41, 5.74) is -8.82. The standard InChI is InChI=1S/C10F20O/c11-1(31)2(12,3(13,14)5(17,18)7(21,22)9(25,26)27)4(15,16)6(19,20)8(23,24)10(28,29)30. The Kier molecular flexibility index (Phi) is 6.50. The van der Waals surface area contributed by atoms with Gasteiger partial charge in [-0.15, -0.1) is 0 Å². The third-order valence-corrected chi connectivity index (χ3v) is 3.43. The number of carbonyl (C=O) groups excluding carboxylic acids is 1. The van der Waals surface area contributed by atoms with E-state index >= 15 is 0 Å². The number of hydrogen-bond donors (Lipinski definition) is 0. The Morgan fingerprint density at radius 3 is 0.677 bits per heavy atom. The summed E-state index contributed by atoms with van der Waals surface area (Å²) in [6.07, 6.45) is -16.0. The van der Waals surface area contributed by atoms with E-state index in [1.165, 1.54) is 0 Å². The van der Waals surface area contributed by atoms with Gasteiger partial charge in [0.1, 0.15) is 0 Å². The molecule has 0 heterocycles. The molecule has 186 valence electrons. The van der Waals surface area contributed by atoms with Gasteiger partial charge in [-0.3, -0.25) is 4.79 Å². The molecule has 0 bridgehead atoms. The molecule has 0 amide bonds. The van der Waals surface area contributed by atoms with Gasteiger partial charge >= 0.3 is 59.6 Å². The molecule has 0 rings (SSSR count). The van der Waals surface area contributed by atoms with Gasteiger partial charge in [-0.05, 0) is 0 Å². The van der Waals surface area contributed by atoms with E-state index < -0.39 is 59.6 Å². The molecule has 0 aliphatic carbocycles. The van der Waals surface area contributed by atoms with Crippen LogP contribution in [0.2, 0.25) is 0 Å². The first-order valence-electron chi connectivity index (χ1n) is 6.23. The lowest BCUT2D eigenvalue weighted by Gasteiger charge is -2.44. The summed E-state index contributed by atoms with van der Waals surface area (Å²) in [4.78, 5) is 10.1. The Labute approximate surface area is 153 Å². The lowest BCUT2D eigenvalue weighted by molar-refractivity contribution is -0.448. The van der Waals surface area contributed by atoms with Gasteiger partial charge in [0.15, 0.2) is 0 Å². The molecule has 0 unspecified atom stereocenters. The fraction of sp³-hybridized carbons (Fsp3) is 0.900. The molecule has 0 radical (unpaired) electrons. The van der Waals surface area contributed by atoms with Gasteiger partial charge in [0.2, 0.25) is 0 Å². The number of alkyl halides is 19. The minimum absolute atomic E-state index is 5.72. The van der Waals surface area contributed by atoms with Gasteiger partial charge in [0.05, 0.1) is 0 Å². The van der Waals surface area contributed by atoms with Crippen LogP contribution in [0.3, 0.4) is 0 Å². The highest BCUT2D eigenvalue weighted by atomic mass is 19.4. The van der Waals surface area contributed by atoms with E-state index in [4.69, 9.17) is 0 Å². The third-order valence-electron chi connectivity index (χ3n) is 3.43. The number of halogens is 20. The van der Waals surface area contributed by atoms with Crippen molar-refractivity contribution < 1.29 is 92.6 Å². The van der Waals surface area contributed by atoms with E-state index in [1.807, 2.05) is 0 Å². The van der Waals surface area contributed by atoms with Gasteiger partial charge in [-0.1, -0.05) is 0 Å². The summed E-state index contributed by atoms with van der Waals surface area (Å²) < 4.78 is 253. The fourth-order valence-electron chi connectivity index (χ4n) is 1.63. The van der Waals surface area contributed by atoms with E-state index in [1.54, 1.807) is 0 Å². The van der Waals surface area contributed by atoms with Crippen LogP contribution < -0.4 is 0 Å². The number of rotatable bonds is 7. The van der Waals surface area contributed by atoms with E-state index in [0.717, 1.165) is 0 Å². The molecule has 0 saturated carbocycles. The largest absolute Gasteiger partial charge is 0.460 e. The minimum Gasteiger partial charge on any atom is -0.257 e. The number of carbonyl (C=O) groups is 1. The topological polar surface area (TPSA) is 17.1 Å². The van der Waals surface area contributed by atoms with Crippen molar-refractivity contribution in [3.05, 3.63) is 0 Å². The molecule has 0 aromatic carbocycles. The lowest BCUT2D eigenvalue weighted by Crippen LogP contribution is -2.78. The Morgan fingerprint density at radius 1 is 0.355 bits per heavy atom. The van der Waals surface area contributed by atoms with Crippen molar-refractivity contribution >= 4 is 6.04 Å². The molecule has 0 atom stereocenters. The smallest absolute Gasteiger partial charge is 0.257 e. The van der Waals surface area contributed by atoms with E-state index in [2.05, 4.69) is 0 Å². The van der Waals surface area contributed by atoms with Crippen LogP contribution in [0.5, 0.6) is 0 Å². The Hall–Kier alpha value is -1.73. The fourth-order valence-corrected chi connectivity index (χ4v) is 1.63. The first-order chi connectivity index (χ1) is 12.9. The van der Waals surface area contributed by atoms with Crippen molar-refractivity contribution in [3.8, 4) is 0 Å². The van der Waals surface area contributed by atoms with Crippen LogP contribution in [0.1, 0.15) is 0 Å². The van der Waals surface area contributed by atoms with Gasteiger partial charge < -0.3 is 0 Å². The molecule has 31 heavy (non-hydrogen) atoms.